The molecule has 0 saturated carbocycles. The number of hydrogen-bond donors (Lipinski definition) is 0. The van der Waals surface area contributed by atoms with E-state index in [-0.39, 0.29) is 17.5 Å². The zero-order chi connectivity index (χ0) is 17.1. The van der Waals surface area contributed by atoms with Gasteiger partial charge in [0.25, 0.3) is 5.91 Å². The number of rotatable bonds is 5. The van der Waals surface area contributed by atoms with Crippen LogP contribution in [0, 0.1) is 23.4 Å². The second-order valence-corrected chi connectivity index (χ2v) is 6.49. The van der Waals surface area contributed by atoms with E-state index in [1.54, 1.807) is 7.05 Å². The van der Waals surface area contributed by atoms with Gasteiger partial charge in [-0.15, -0.1) is 0 Å². The molecule has 1 aromatic rings. The molecule has 1 unspecified atom stereocenters. The SMILES string of the molecule is CC(C)C(CN1CCCC1)N(C)C(=O)c1cc(F)c(F)c(F)c1. The van der Waals surface area contributed by atoms with E-state index in [9.17, 15) is 18.0 Å². The summed E-state index contributed by atoms with van der Waals surface area (Å²) in [6, 6.07) is 1.44. The Bertz CT molecular complexity index is 548. The van der Waals surface area contributed by atoms with Crippen molar-refractivity contribution in [2.45, 2.75) is 32.7 Å². The van der Waals surface area contributed by atoms with Gasteiger partial charge in [0.05, 0.1) is 0 Å². The summed E-state index contributed by atoms with van der Waals surface area (Å²) in [7, 11) is 1.63. The Balaban J connectivity index is 2.18. The Morgan fingerprint density at radius 1 is 1.17 bits per heavy atom. The van der Waals surface area contributed by atoms with E-state index in [0.717, 1.165) is 44.6 Å². The predicted octanol–water partition coefficient (Wildman–Crippen LogP) is 3.30. The molecular weight excluding hydrogens is 305 g/mol. The van der Waals surface area contributed by atoms with Crippen LogP contribution in [0.4, 0.5) is 13.2 Å². The van der Waals surface area contributed by atoms with Gasteiger partial charge in [0, 0.05) is 25.2 Å². The van der Waals surface area contributed by atoms with Gasteiger partial charge in [0.2, 0.25) is 0 Å². The van der Waals surface area contributed by atoms with Gasteiger partial charge < -0.3 is 9.80 Å². The van der Waals surface area contributed by atoms with Crippen LogP contribution in [0.25, 0.3) is 0 Å². The van der Waals surface area contributed by atoms with E-state index < -0.39 is 23.4 Å². The third-order valence-electron chi connectivity index (χ3n) is 4.46. The first-order chi connectivity index (χ1) is 10.8. The lowest BCUT2D eigenvalue weighted by molar-refractivity contribution is 0.0640. The molecular formula is C17H23F3N2O. The van der Waals surface area contributed by atoms with Gasteiger partial charge in [-0.3, -0.25) is 4.79 Å². The molecule has 1 amide bonds. The van der Waals surface area contributed by atoms with E-state index in [1.165, 1.54) is 4.90 Å². The van der Waals surface area contributed by atoms with Gasteiger partial charge in [0.15, 0.2) is 17.5 Å². The molecule has 0 radical (unpaired) electrons. The van der Waals surface area contributed by atoms with Crippen molar-refractivity contribution < 1.29 is 18.0 Å². The van der Waals surface area contributed by atoms with E-state index in [4.69, 9.17) is 0 Å². The second-order valence-electron chi connectivity index (χ2n) is 6.49. The van der Waals surface area contributed by atoms with Gasteiger partial charge in [-0.2, -0.15) is 0 Å². The first-order valence-electron chi connectivity index (χ1n) is 7.95. The standard InChI is InChI=1S/C17H23F3N2O/c1-11(2)15(10-22-6-4-5-7-22)21(3)17(23)12-8-13(18)16(20)14(19)9-12/h8-9,11,15H,4-7,10H2,1-3H3. The maximum atomic E-state index is 13.4. The van der Waals surface area contributed by atoms with E-state index in [1.807, 2.05) is 13.8 Å². The lowest BCUT2D eigenvalue weighted by Gasteiger charge is -2.34. The fraction of sp³-hybridized carbons (Fsp3) is 0.588. The molecule has 1 aromatic carbocycles. The van der Waals surface area contributed by atoms with Crippen molar-refractivity contribution in [3.8, 4) is 0 Å². The van der Waals surface area contributed by atoms with Gasteiger partial charge in [0.1, 0.15) is 0 Å². The number of benzene rings is 1. The highest BCUT2D eigenvalue weighted by molar-refractivity contribution is 5.94. The van der Waals surface area contributed by atoms with Crippen molar-refractivity contribution in [2.24, 2.45) is 5.92 Å². The number of amides is 1. The molecule has 3 nitrogen and oxygen atoms in total. The van der Waals surface area contributed by atoms with Crippen molar-refractivity contribution in [3.05, 3.63) is 35.1 Å². The highest BCUT2D eigenvalue weighted by Gasteiger charge is 2.28. The summed E-state index contributed by atoms with van der Waals surface area (Å²) >= 11 is 0. The predicted molar refractivity (Wildman–Crippen MR) is 82.7 cm³/mol. The minimum Gasteiger partial charge on any atom is -0.337 e. The molecule has 0 N–H and O–H groups in total. The van der Waals surface area contributed by atoms with Crippen molar-refractivity contribution in [1.29, 1.82) is 0 Å². The maximum Gasteiger partial charge on any atom is 0.254 e. The normalized spacial score (nSPS) is 16.8. The Hall–Kier alpha value is -1.56. The van der Waals surface area contributed by atoms with Gasteiger partial charge in [-0.05, 0) is 44.0 Å². The van der Waals surface area contributed by atoms with Crippen LogP contribution in [0.1, 0.15) is 37.0 Å². The Labute approximate surface area is 135 Å². The summed E-state index contributed by atoms with van der Waals surface area (Å²) in [4.78, 5) is 16.3. The minimum absolute atomic E-state index is 0.0724. The number of hydrogen-bond acceptors (Lipinski definition) is 2. The van der Waals surface area contributed by atoms with Crippen LogP contribution in [-0.4, -0.2) is 48.4 Å². The molecule has 1 aliphatic heterocycles. The zero-order valence-corrected chi connectivity index (χ0v) is 13.8. The summed E-state index contributed by atoms with van der Waals surface area (Å²) in [5, 5.41) is 0. The molecule has 128 valence electrons. The number of likely N-dealkylation sites (N-methyl/N-ethyl adjacent to an activating group) is 1. The van der Waals surface area contributed by atoms with Crippen LogP contribution in [0.2, 0.25) is 0 Å². The quantitative estimate of drug-likeness (QED) is 0.774. The van der Waals surface area contributed by atoms with E-state index >= 15 is 0 Å². The Morgan fingerprint density at radius 2 is 1.70 bits per heavy atom. The average molecular weight is 328 g/mol. The number of nitrogens with zero attached hydrogens (tertiary/aromatic N) is 2. The Kier molecular flexibility index (Phi) is 5.68. The number of halogens is 3. The molecule has 1 heterocycles. The van der Waals surface area contributed by atoms with Crippen LogP contribution < -0.4 is 0 Å². The molecule has 0 aromatic heterocycles. The molecule has 1 saturated heterocycles. The van der Waals surface area contributed by atoms with Crippen LogP contribution in [0.15, 0.2) is 12.1 Å². The van der Waals surface area contributed by atoms with Crippen molar-refractivity contribution in [2.75, 3.05) is 26.7 Å². The molecule has 1 atom stereocenters. The first kappa shape index (κ1) is 17.8. The molecule has 6 heteroatoms. The summed E-state index contributed by atoms with van der Waals surface area (Å²) in [6.45, 7) is 6.76. The van der Waals surface area contributed by atoms with Crippen molar-refractivity contribution >= 4 is 5.91 Å². The third kappa shape index (κ3) is 4.05. The molecule has 23 heavy (non-hydrogen) atoms. The van der Waals surface area contributed by atoms with Gasteiger partial charge >= 0.3 is 0 Å². The summed E-state index contributed by atoms with van der Waals surface area (Å²) in [6.07, 6.45) is 2.30. The Morgan fingerprint density at radius 3 is 2.17 bits per heavy atom. The van der Waals surface area contributed by atoms with Crippen LogP contribution in [0.5, 0.6) is 0 Å². The molecule has 0 bridgehead atoms. The van der Waals surface area contributed by atoms with E-state index in [2.05, 4.69) is 4.90 Å². The topological polar surface area (TPSA) is 23.6 Å². The van der Waals surface area contributed by atoms with Crippen LogP contribution in [0.3, 0.4) is 0 Å². The largest absolute Gasteiger partial charge is 0.337 e. The average Bonchev–Trinajstić information content (AvgIpc) is 3.01. The van der Waals surface area contributed by atoms with Gasteiger partial charge in [-0.1, -0.05) is 13.8 Å². The molecule has 0 spiro atoms. The molecule has 1 fully saturated rings. The molecule has 2 rings (SSSR count). The van der Waals surface area contributed by atoms with Crippen molar-refractivity contribution in [1.82, 2.24) is 9.80 Å². The zero-order valence-electron chi connectivity index (χ0n) is 13.8. The summed E-state index contributed by atoms with van der Waals surface area (Å²) in [5.41, 5.74) is -0.170. The lowest BCUT2D eigenvalue weighted by Crippen LogP contribution is -2.47. The third-order valence-corrected chi connectivity index (χ3v) is 4.46. The monoisotopic (exact) mass is 328 g/mol. The van der Waals surface area contributed by atoms with Crippen molar-refractivity contribution in [3.63, 3.8) is 0 Å². The lowest BCUT2D eigenvalue weighted by atomic mass is 10.0. The fourth-order valence-electron chi connectivity index (χ4n) is 3.04. The fourth-order valence-corrected chi connectivity index (χ4v) is 3.04. The molecule has 0 aliphatic carbocycles. The number of carbonyl (C=O) groups excluding carboxylic acids is 1. The van der Waals surface area contributed by atoms with Crippen LogP contribution >= 0.6 is 0 Å². The minimum atomic E-state index is -1.55. The highest BCUT2D eigenvalue weighted by atomic mass is 19.2. The first-order valence-corrected chi connectivity index (χ1v) is 7.95. The number of carbonyl (C=O) groups is 1. The van der Waals surface area contributed by atoms with Crippen LogP contribution in [-0.2, 0) is 0 Å². The number of likely N-dealkylation sites (tertiary alicyclic amines) is 1. The molecule has 1 aliphatic rings. The smallest absolute Gasteiger partial charge is 0.254 e. The highest BCUT2D eigenvalue weighted by Crippen LogP contribution is 2.19. The summed E-state index contributed by atoms with van der Waals surface area (Å²) < 4.78 is 39.8. The van der Waals surface area contributed by atoms with E-state index in [0.29, 0.717) is 0 Å². The second kappa shape index (κ2) is 7.34. The maximum absolute atomic E-state index is 13.4. The van der Waals surface area contributed by atoms with Gasteiger partial charge in [-0.25, -0.2) is 13.2 Å². The summed E-state index contributed by atoms with van der Waals surface area (Å²) in [5.74, 6) is -4.55.